The van der Waals surface area contributed by atoms with Crippen LogP contribution in [0.25, 0.3) is 0 Å². The van der Waals surface area contributed by atoms with E-state index in [4.69, 9.17) is 12.2 Å². The zero-order chi connectivity index (χ0) is 17.8. The molecule has 0 fully saturated rings. The molecule has 3 aromatic rings. The van der Waals surface area contributed by atoms with Crippen molar-refractivity contribution < 1.29 is 0 Å². The van der Waals surface area contributed by atoms with Gasteiger partial charge >= 0.3 is 0 Å². The minimum atomic E-state index is 0.568. The van der Waals surface area contributed by atoms with E-state index in [1.54, 1.807) is 10.9 Å². The van der Waals surface area contributed by atoms with Gasteiger partial charge in [-0.05, 0) is 37.2 Å². The van der Waals surface area contributed by atoms with Gasteiger partial charge in [-0.15, -0.1) is 0 Å². The van der Waals surface area contributed by atoms with Gasteiger partial charge in [-0.1, -0.05) is 24.3 Å². The third-order valence-electron chi connectivity index (χ3n) is 4.04. The normalized spacial score (nSPS) is 10.7. The lowest BCUT2D eigenvalue weighted by atomic mass is 10.1. The van der Waals surface area contributed by atoms with Gasteiger partial charge in [0.1, 0.15) is 0 Å². The Morgan fingerprint density at radius 2 is 1.96 bits per heavy atom. The zero-order valence-electron chi connectivity index (χ0n) is 14.7. The van der Waals surface area contributed by atoms with Gasteiger partial charge < -0.3 is 10.6 Å². The molecule has 2 N–H and O–H groups in total. The van der Waals surface area contributed by atoms with Gasteiger partial charge in [0.05, 0.1) is 24.1 Å². The predicted octanol–water partition coefficient (Wildman–Crippen LogP) is 2.77. The molecule has 0 saturated heterocycles. The Morgan fingerprint density at radius 3 is 2.68 bits per heavy atom. The van der Waals surface area contributed by atoms with E-state index in [0.717, 1.165) is 23.5 Å². The molecule has 0 saturated carbocycles. The molecule has 0 aliphatic heterocycles. The average molecular weight is 354 g/mol. The largest absolute Gasteiger partial charge is 0.358 e. The van der Waals surface area contributed by atoms with Crippen molar-refractivity contribution in [2.45, 2.75) is 26.9 Å². The van der Waals surface area contributed by atoms with Gasteiger partial charge in [0, 0.05) is 31.5 Å². The smallest absolute Gasteiger partial charge is 0.171 e. The van der Waals surface area contributed by atoms with E-state index in [1.165, 1.54) is 11.1 Å². The first kappa shape index (κ1) is 17.2. The number of nitrogens with one attached hydrogen (secondary N) is 2. The van der Waals surface area contributed by atoms with E-state index in [2.05, 4.69) is 39.9 Å². The van der Waals surface area contributed by atoms with Crippen LogP contribution in [0, 0.1) is 13.8 Å². The summed E-state index contributed by atoms with van der Waals surface area (Å²) in [6.07, 6.45) is 5.72. The molecule has 0 atom stereocenters. The summed E-state index contributed by atoms with van der Waals surface area (Å²) in [6, 6.07) is 8.32. The quantitative estimate of drug-likeness (QED) is 0.690. The highest BCUT2D eigenvalue weighted by atomic mass is 32.1. The van der Waals surface area contributed by atoms with E-state index < -0.39 is 0 Å². The van der Waals surface area contributed by atoms with Gasteiger partial charge in [0.15, 0.2) is 5.11 Å². The summed E-state index contributed by atoms with van der Waals surface area (Å²) in [7, 11) is 1.91. The number of aromatic nitrogens is 4. The second kappa shape index (κ2) is 7.48. The van der Waals surface area contributed by atoms with Crippen molar-refractivity contribution in [3.05, 3.63) is 65.2 Å². The Labute approximate surface area is 152 Å². The predicted molar refractivity (Wildman–Crippen MR) is 104 cm³/mol. The third kappa shape index (κ3) is 4.45. The molecule has 6 nitrogen and oxygen atoms in total. The highest BCUT2D eigenvalue weighted by Crippen LogP contribution is 2.11. The number of thiocarbonyl (C=S) groups is 1. The second-order valence-electron chi connectivity index (χ2n) is 6.07. The fourth-order valence-corrected chi connectivity index (χ4v) is 2.84. The van der Waals surface area contributed by atoms with Crippen LogP contribution >= 0.6 is 12.2 Å². The van der Waals surface area contributed by atoms with Crippen LogP contribution < -0.4 is 10.6 Å². The molecule has 0 bridgehead atoms. The molecule has 130 valence electrons. The number of nitrogens with zero attached hydrogens (tertiary/aromatic N) is 4. The van der Waals surface area contributed by atoms with Gasteiger partial charge in [0.2, 0.25) is 0 Å². The van der Waals surface area contributed by atoms with E-state index in [1.807, 2.05) is 43.2 Å². The van der Waals surface area contributed by atoms with Crippen LogP contribution in [0.1, 0.15) is 22.4 Å². The van der Waals surface area contributed by atoms with Crippen molar-refractivity contribution in [2.24, 2.45) is 7.05 Å². The first-order valence-corrected chi connectivity index (χ1v) is 8.53. The number of anilines is 1. The van der Waals surface area contributed by atoms with Crippen LogP contribution in [-0.4, -0.2) is 24.7 Å². The first-order valence-electron chi connectivity index (χ1n) is 8.12. The van der Waals surface area contributed by atoms with Crippen LogP contribution in [0.4, 0.5) is 5.69 Å². The van der Waals surface area contributed by atoms with Crippen molar-refractivity contribution in [1.82, 2.24) is 24.9 Å². The second-order valence-corrected chi connectivity index (χ2v) is 6.48. The first-order chi connectivity index (χ1) is 12.0. The summed E-state index contributed by atoms with van der Waals surface area (Å²) >= 11 is 5.36. The van der Waals surface area contributed by atoms with Gasteiger partial charge in [-0.3, -0.25) is 9.36 Å². The van der Waals surface area contributed by atoms with E-state index in [-0.39, 0.29) is 0 Å². The lowest BCUT2D eigenvalue weighted by Gasteiger charge is -2.08. The standard InChI is InChI=1S/C18H22N6S/c1-13-6-4-5-7-15(13)11-24-12-17(9-20-24)21-18(25)19-8-16-10-23(3)22-14(16)2/h4-7,9-10,12H,8,11H2,1-3H3,(H2,19,21,25). The third-order valence-corrected chi connectivity index (χ3v) is 4.29. The molecule has 3 rings (SSSR count). The molecule has 25 heavy (non-hydrogen) atoms. The lowest BCUT2D eigenvalue weighted by molar-refractivity contribution is 0.684. The summed E-state index contributed by atoms with van der Waals surface area (Å²) < 4.78 is 3.71. The number of hydrogen-bond donors (Lipinski definition) is 2. The SMILES string of the molecule is Cc1ccccc1Cn1cc(NC(=S)NCc2cn(C)nc2C)cn1. The van der Waals surface area contributed by atoms with Crippen LogP contribution in [0.2, 0.25) is 0 Å². The van der Waals surface area contributed by atoms with Crippen LogP contribution in [0.5, 0.6) is 0 Å². The van der Waals surface area contributed by atoms with Gasteiger partial charge in [-0.25, -0.2) is 0 Å². The number of hydrogen-bond acceptors (Lipinski definition) is 3. The van der Waals surface area contributed by atoms with Crippen molar-refractivity contribution in [2.75, 3.05) is 5.32 Å². The molecule has 0 radical (unpaired) electrons. The summed E-state index contributed by atoms with van der Waals surface area (Å²) in [6.45, 7) is 5.48. The van der Waals surface area contributed by atoms with Gasteiger partial charge in [-0.2, -0.15) is 10.2 Å². The maximum atomic E-state index is 5.36. The summed E-state index contributed by atoms with van der Waals surface area (Å²) in [5.74, 6) is 0. The topological polar surface area (TPSA) is 59.7 Å². The van der Waals surface area contributed by atoms with E-state index in [9.17, 15) is 0 Å². The summed E-state index contributed by atoms with van der Waals surface area (Å²) in [5.41, 5.74) is 5.51. The van der Waals surface area contributed by atoms with Gasteiger partial charge in [0.25, 0.3) is 0 Å². The summed E-state index contributed by atoms with van der Waals surface area (Å²) in [4.78, 5) is 0. The molecule has 0 spiro atoms. The Kier molecular flexibility index (Phi) is 5.14. The molecular formula is C18H22N6S. The molecule has 2 heterocycles. The van der Waals surface area contributed by atoms with Crippen molar-refractivity contribution >= 4 is 23.0 Å². The molecule has 0 aliphatic carbocycles. The average Bonchev–Trinajstić information content (AvgIpc) is 3.13. The van der Waals surface area contributed by atoms with Crippen molar-refractivity contribution in [3.8, 4) is 0 Å². The maximum absolute atomic E-state index is 5.36. The van der Waals surface area contributed by atoms with Crippen LogP contribution in [0.15, 0.2) is 42.9 Å². The lowest BCUT2D eigenvalue weighted by Crippen LogP contribution is -2.27. The summed E-state index contributed by atoms with van der Waals surface area (Å²) in [5, 5.41) is 15.7. The fourth-order valence-electron chi connectivity index (χ4n) is 2.65. The van der Waals surface area contributed by atoms with Crippen LogP contribution in [-0.2, 0) is 20.1 Å². The molecule has 0 amide bonds. The Morgan fingerprint density at radius 1 is 1.16 bits per heavy atom. The van der Waals surface area contributed by atoms with E-state index >= 15 is 0 Å². The number of benzene rings is 1. The maximum Gasteiger partial charge on any atom is 0.171 e. The fraction of sp³-hybridized carbons (Fsp3) is 0.278. The van der Waals surface area contributed by atoms with Crippen LogP contribution in [0.3, 0.4) is 0 Å². The minimum Gasteiger partial charge on any atom is -0.358 e. The molecule has 1 aromatic carbocycles. The Balaban J connectivity index is 1.55. The molecule has 0 unspecified atom stereocenters. The van der Waals surface area contributed by atoms with Crippen molar-refractivity contribution in [1.29, 1.82) is 0 Å². The zero-order valence-corrected chi connectivity index (χ0v) is 15.5. The molecule has 7 heteroatoms. The highest BCUT2D eigenvalue weighted by Gasteiger charge is 2.06. The Hall–Kier alpha value is -2.67. The highest BCUT2D eigenvalue weighted by molar-refractivity contribution is 7.80. The van der Waals surface area contributed by atoms with Crippen molar-refractivity contribution in [3.63, 3.8) is 0 Å². The molecule has 2 aromatic heterocycles. The number of aryl methyl sites for hydroxylation is 3. The molecule has 0 aliphatic rings. The van der Waals surface area contributed by atoms with E-state index in [0.29, 0.717) is 11.7 Å². The Bertz CT molecular complexity index is 879. The molecular weight excluding hydrogens is 332 g/mol. The monoisotopic (exact) mass is 354 g/mol. The minimum absolute atomic E-state index is 0.568. The number of rotatable bonds is 5.